The molecule has 1 N–H and O–H groups in total. The van der Waals surface area contributed by atoms with E-state index in [2.05, 4.69) is 80.1 Å². The Morgan fingerprint density at radius 1 is 1.11 bits per heavy atom. The Hall–Kier alpha value is -0.340. The van der Waals surface area contributed by atoms with Crippen molar-refractivity contribution in [2.45, 2.75) is 59.5 Å². The van der Waals surface area contributed by atoms with E-state index in [1.54, 1.807) is 0 Å². The Morgan fingerprint density at radius 2 is 1.67 bits per heavy atom. The summed E-state index contributed by atoms with van der Waals surface area (Å²) < 4.78 is 1.14. The summed E-state index contributed by atoms with van der Waals surface area (Å²) in [6, 6.07) is 9.54. The van der Waals surface area contributed by atoms with E-state index in [0.29, 0.717) is 17.5 Å². The summed E-state index contributed by atoms with van der Waals surface area (Å²) in [7, 11) is 0. The molecule has 1 rings (SSSR count). The Bertz CT molecular complexity index is 350. The number of halogens is 1. The average molecular weight is 312 g/mol. The highest BCUT2D eigenvalue weighted by molar-refractivity contribution is 9.10. The van der Waals surface area contributed by atoms with Gasteiger partial charge < -0.3 is 5.32 Å². The van der Waals surface area contributed by atoms with Crippen LogP contribution in [0.2, 0.25) is 0 Å². The fraction of sp³-hybridized carbons (Fsp3) is 0.625. The Labute approximate surface area is 120 Å². The Balaban J connectivity index is 2.44. The lowest BCUT2D eigenvalue weighted by atomic mass is 9.89. The van der Waals surface area contributed by atoms with Crippen molar-refractivity contribution in [3.05, 3.63) is 34.3 Å². The highest BCUT2D eigenvalue weighted by Gasteiger charge is 2.14. The van der Waals surface area contributed by atoms with Gasteiger partial charge >= 0.3 is 0 Å². The molecule has 0 aliphatic heterocycles. The van der Waals surface area contributed by atoms with E-state index in [1.165, 1.54) is 18.4 Å². The Morgan fingerprint density at radius 3 is 2.17 bits per heavy atom. The molecule has 2 unspecified atom stereocenters. The first kappa shape index (κ1) is 15.7. The molecule has 0 heterocycles. The lowest BCUT2D eigenvalue weighted by Gasteiger charge is -2.24. The van der Waals surface area contributed by atoms with Gasteiger partial charge in [-0.3, -0.25) is 0 Å². The molecule has 18 heavy (non-hydrogen) atoms. The predicted molar refractivity (Wildman–Crippen MR) is 83.8 cm³/mol. The van der Waals surface area contributed by atoms with E-state index in [4.69, 9.17) is 0 Å². The van der Waals surface area contributed by atoms with Crippen molar-refractivity contribution >= 4 is 15.9 Å². The van der Waals surface area contributed by atoms with E-state index in [1.807, 2.05) is 0 Å². The van der Waals surface area contributed by atoms with Crippen molar-refractivity contribution in [2.75, 3.05) is 0 Å². The SMILES string of the molecule is CC(CCC(C)(C)C)NC(C)c1ccc(Br)cc1. The maximum absolute atomic E-state index is 3.67. The van der Waals surface area contributed by atoms with Crippen LogP contribution in [0.15, 0.2) is 28.7 Å². The van der Waals surface area contributed by atoms with Gasteiger partial charge in [-0.2, -0.15) is 0 Å². The predicted octanol–water partition coefficient (Wildman–Crippen LogP) is 5.31. The molecule has 1 nitrogen and oxygen atoms in total. The van der Waals surface area contributed by atoms with Crippen LogP contribution in [0.1, 0.15) is 59.1 Å². The van der Waals surface area contributed by atoms with Crippen LogP contribution in [0.5, 0.6) is 0 Å². The fourth-order valence-electron chi connectivity index (χ4n) is 2.01. The van der Waals surface area contributed by atoms with Crippen molar-refractivity contribution in [3.8, 4) is 0 Å². The maximum Gasteiger partial charge on any atom is 0.0294 e. The van der Waals surface area contributed by atoms with E-state index >= 15 is 0 Å². The minimum atomic E-state index is 0.410. The fourth-order valence-corrected chi connectivity index (χ4v) is 2.27. The molecule has 1 aromatic rings. The van der Waals surface area contributed by atoms with Gasteiger partial charge in [0, 0.05) is 16.6 Å². The van der Waals surface area contributed by atoms with Crippen LogP contribution >= 0.6 is 15.9 Å². The zero-order valence-electron chi connectivity index (χ0n) is 12.3. The van der Waals surface area contributed by atoms with Gasteiger partial charge in [0.2, 0.25) is 0 Å². The van der Waals surface area contributed by atoms with Crippen LogP contribution in [0.3, 0.4) is 0 Å². The van der Waals surface area contributed by atoms with Crippen LogP contribution in [0, 0.1) is 5.41 Å². The number of rotatable bonds is 5. The summed E-state index contributed by atoms with van der Waals surface area (Å²) in [4.78, 5) is 0. The van der Waals surface area contributed by atoms with Crippen molar-refractivity contribution < 1.29 is 0 Å². The van der Waals surface area contributed by atoms with Gasteiger partial charge in [-0.25, -0.2) is 0 Å². The molecule has 0 fully saturated rings. The summed E-state index contributed by atoms with van der Waals surface area (Å²) in [6.45, 7) is 11.4. The summed E-state index contributed by atoms with van der Waals surface area (Å²) >= 11 is 3.47. The van der Waals surface area contributed by atoms with E-state index in [-0.39, 0.29) is 0 Å². The van der Waals surface area contributed by atoms with E-state index < -0.39 is 0 Å². The molecule has 0 bridgehead atoms. The topological polar surface area (TPSA) is 12.0 Å². The molecule has 0 amide bonds. The molecule has 0 spiro atoms. The van der Waals surface area contributed by atoms with Gasteiger partial charge in [-0.05, 0) is 49.8 Å². The second kappa shape index (κ2) is 6.72. The molecule has 1 aromatic carbocycles. The number of hydrogen-bond donors (Lipinski definition) is 1. The van der Waals surface area contributed by atoms with Crippen LogP contribution in [-0.4, -0.2) is 6.04 Å². The third kappa shape index (κ3) is 6.01. The van der Waals surface area contributed by atoms with Gasteiger partial charge in [0.15, 0.2) is 0 Å². The van der Waals surface area contributed by atoms with Gasteiger partial charge in [0.05, 0.1) is 0 Å². The number of benzene rings is 1. The van der Waals surface area contributed by atoms with Crippen LogP contribution in [-0.2, 0) is 0 Å². The third-order valence-electron chi connectivity index (χ3n) is 3.23. The zero-order chi connectivity index (χ0) is 13.8. The van der Waals surface area contributed by atoms with Gasteiger partial charge in [0.1, 0.15) is 0 Å². The van der Waals surface area contributed by atoms with Gasteiger partial charge in [0.25, 0.3) is 0 Å². The molecular formula is C16H26BrN. The number of nitrogens with one attached hydrogen (secondary N) is 1. The minimum Gasteiger partial charge on any atom is -0.308 e. The summed E-state index contributed by atoms with van der Waals surface area (Å²) in [5, 5.41) is 3.67. The molecular weight excluding hydrogens is 286 g/mol. The summed E-state index contributed by atoms with van der Waals surface area (Å²) in [6.07, 6.45) is 2.48. The first-order valence-corrected chi connectivity index (χ1v) is 7.59. The Kier molecular flexibility index (Phi) is 5.87. The van der Waals surface area contributed by atoms with Crippen LogP contribution in [0.4, 0.5) is 0 Å². The largest absolute Gasteiger partial charge is 0.308 e. The molecule has 0 aromatic heterocycles. The van der Waals surface area contributed by atoms with Crippen LogP contribution < -0.4 is 5.32 Å². The molecule has 0 radical (unpaired) electrons. The van der Waals surface area contributed by atoms with Gasteiger partial charge in [-0.1, -0.05) is 48.8 Å². The van der Waals surface area contributed by atoms with Gasteiger partial charge in [-0.15, -0.1) is 0 Å². The lowest BCUT2D eigenvalue weighted by molar-refractivity contribution is 0.328. The first-order valence-electron chi connectivity index (χ1n) is 6.79. The molecule has 0 aliphatic rings. The lowest BCUT2D eigenvalue weighted by Crippen LogP contribution is -2.29. The second-order valence-electron chi connectivity index (χ2n) is 6.44. The monoisotopic (exact) mass is 311 g/mol. The standard InChI is InChI=1S/C16H26BrN/c1-12(10-11-16(3,4)5)18-13(2)14-6-8-15(17)9-7-14/h6-9,12-13,18H,10-11H2,1-5H3. The highest BCUT2D eigenvalue weighted by Crippen LogP contribution is 2.23. The molecule has 0 aliphatic carbocycles. The second-order valence-corrected chi connectivity index (χ2v) is 7.36. The van der Waals surface area contributed by atoms with Crippen molar-refractivity contribution in [1.82, 2.24) is 5.32 Å². The van der Waals surface area contributed by atoms with Crippen molar-refractivity contribution in [2.24, 2.45) is 5.41 Å². The quantitative estimate of drug-likeness (QED) is 0.776. The molecule has 2 atom stereocenters. The average Bonchev–Trinajstić information content (AvgIpc) is 2.26. The molecule has 102 valence electrons. The summed E-state index contributed by atoms with van der Waals surface area (Å²) in [5.74, 6) is 0. The van der Waals surface area contributed by atoms with Crippen molar-refractivity contribution in [1.29, 1.82) is 0 Å². The van der Waals surface area contributed by atoms with Crippen LogP contribution in [0.25, 0.3) is 0 Å². The molecule has 0 saturated carbocycles. The third-order valence-corrected chi connectivity index (χ3v) is 3.76. The van der Waals surface area contributed by atoms with E-state index in [9.17, 15) is 0 Å². The minimum absolute atomic E-state index is 0.410. The smallest absolute Gasteiger partial charge is 0.0294 e. The summed E-state index contributed by atoms with van der Waals surface area (Å²) in [5.41, 5.74) is 1.78. The normalized spacial score (nSPS) is 15.4. The highest BCUT2D eigenvalue weighted by atomic mass is 79.9. The molecule has 0 saturated heterocycles. The molecule has 2 heteroatoms. The van der Waals surface area contributed by atoms with E-state index in [0.717, 1.165) is 4.47 Å². The first-order chi connectivity index (χ1) is 8.28. The maximum atomic E-state index is 3.67. The van der Waals surface area contributed by atoms with Crippen molar-refractivity contribution in [3.63, 3.8) is 0 Å². The zero-order valence-corrected chi connectivity index (χ0v) is 13.8. The number of hydrogen-bond acceptors (Lipinski definition) is 1.